The van der Waals surface area contributed by atoms with Crippen LogP contribution in [0.25, 0.3) is 0 Å². The Morgan fingerprint density at radius 1 is 1.43 bits per heavy atom. The van der Waals surface area contributed by atoms with Gasteiger partial charge in [0.15, 0.2) is 0 Å². The van der Waals surface area contributed by atoms with Gasteiger partial charge in [0.25, 0.3) is 0 Å². The predicted molar refractivity (Wildman–Crippen MR) is 35.0 cm³/mol. The van der Waals surface area contributed by atoms with Crippen molar-refractivity contribution in [2.45, 2.75) is 13.1 Å². The van der Waals surface area contributed by atoms with E-state index in [1.807, 2.05) is 0 Å². The minimum Gasteiger partial charge on any atom is -0.310 e. The summed E-state index contributed by atoms with van der Waals surface area (Å²) in [6.45, 7) is 3.26. The van der Waals surface area contributed by atoms with Crippen LogP contribution in [-0.2, 0) is 0 Å². The molecule has 0 heterocycles. The van der Waals surface area contributed by atoms with Gasteiger partial charge in [0.1, 0.15) is 7.28 Å². The molecule has 0 aromatic carbocycles. The van der Waals surface area contributed by atoms with Gasteiger partial charge in [-0.25, -0.2) is 0 Å². The Kier molecular flexibility index (Phi) is 4.21. The van der Waals surface area contributed by atoms with E-state index in [4.69, 9.17) is 0 Å². The van der Waals surface area contributed by atoms with Crippen molar-refractivity contribution in [3.8, 4) is 0 Å². The van der Waals surface area contributed by atoms with Gasteiger partial charge in [-0.05, 0) is 20.6 Å². The fraction of sp³-hybridized carbons (Fsp3) is 1.00. The van der Waals surface area contributed by atoms with Crippen molar-refractivity contribution < 1.29 is 0 Å². The van der Waals surface area contributed by atoms with Gasteiger partial charge in [0.05, 0.1) is 0 Å². The van der Waals surface area contributed by atoms with E-state index in [1.165, 1.54) is 12.9 Å². The van der Waals surface area contributed by atoms with E-state index in [2.05, 4.69) is 33.1 Å². The topological polar surface area (TPSA) is 3.24 Å². The summed E-state index contributed by atoms with van der Waals surface area (Å²) >= 11 is 0. The minimum absolute atomic E-state index is 1.18. The Balaban J connectivity index is 2.68. The molecule has 0 unspecified atom stereocenters. The molecule has 0 aromatic heterocycles. The van der Waals surface area contributed by atoms with Gasteiger partial charge >= 0.3 is 0 Å². The summed E-state index contributed by atoms with van der Waals surface area (Å²) in [6, 6.07) is 0. The minimum atomic E-state index is 1.18. The molecule has 0 atom stereocenters. The molecule has 1 radical (unpaired) electrons. The molecule has 0 saturated heterocycles. The molecule has 1 nitrogen and oxygen atoms in total. The first-order chi connectivity index (χ1) is 3.27. The van der Waals surface area contributed by atoms with E-state index in [1.54, 1.807) is 0 Å². The largest absolute Gasteiger partial charge is 0.310 e. The van der Waals surface area contributed by atoms with Crippen molar-refractivity contribution in [1.29, 1.82) is 0 Å². The third kappa shape index (κ3) is 6.02. The Labute approximate surface area is 46.9 Å². The van der Waals surface area contributed by atoms with Gasteiger partial charge in [0.2, 0.25) is 0 Å². The zero-order valence-electron chi connectivity index (χ0n) is 5.44. The van der Waals surface area contributed by atoms with Crippen LogP contribution in [0.15, 0.2) is 0 Å². The maximum atomic E-state index is 2.18. The van der Waals surface area contributed by atoms with E-state index in [0.717, 1.165) is 0 Å². The van der Waals surface area contributed by atoms with Crippen molar-refractivity contribution in [3.05, 3.63) is 0 Å². The van der Waals surface area contributed by atoms with Gasteiger partial charge in [-0.1, -0.05) is 13.1 Å². The lowest BCUT2D eigenvalue weighted by atomic mass is 9.78. The van der Waals surface area contributed by atoms with E-state index < -0.39 is 0 Å². The maximum absolute atomic E-state index is 2.18. The maximum Gasteiger partial charge on any atom is 0.107 e. The smallest absolute Gasteiger partial charge is 0.107 e. The van der Waals surface area contributed by atoms with Crippen molar-refractivity contribution in [2.24, 2.45) is 0 Å². The fourth-order valence-corrected chi connectivity index (χ4v) is 0.387. The van der Waals surface area contributed by atoms with Crippen molar-refractivity contribution in [1.82, 2.24) is 4.90 Å². The van der Waals surface area contributed by atoms with E-state index in [0.29, 0.717) is 0 Å². The zero-order chi connectivity index (χ0) is 5.70. The molecule has 0 N–H and O–H groups in total. The van der Waals surface area contributed by atoms with E-state index in [-0.39, 0.29) is 0 Å². The SMILES string of the molecule is C[B]CCN(C)C. The lowest BCUT2D eigenvalue weighted by molar-refractivity contribution is 0.433. The lowest BCUT2D eigenvalue weighted by Crippen LogP contribution is -2.13. The first kappa shape index (κ1) is 7.02. The summed E-state index contributed by atoms with van der Waals surface area (Å²) in [5, 5.41) is 0. The van der Waals surface area contributed by atoms with Gasteiger partial charge in [-0.3, -0.25) is 0 Å². The highest BCUT2D eigenvalue weighted by Gasteiger charge is 1.84. The van der Waals surface area contributed by atoms with Gasteiger partial charge < -0.3 is 4.90 Å². The molecule has 0 aliphatic rings. The number of rotatable bonds is 3. The van der Waals surface area contributed by atoms with E-state index >= 15 is 0 Å². The summed E-state index contributed by atoms with van der Waals surface area (Å²) in [6.07, 6.45) is 1.20. The van der Waals surface area contributed by atoms with Crippen LogP contribution in [0.3, 0.4) is 0 Å². The molecular formula is C5H13BN. The second kappa shape index (κ2) is 4.19. The molecule has 0 bridgehead atoms. The normalized spacial score (nSPS) is 9.71. The van der Waals surface area contributed by atoms with Gasteiger partial charge in [-0.15, -0.1) is 0 Å². The number of hydrogen-bond acceptors (Lipinski definition) is 1. The first-order valence-electron chi connectivity index (χ1n) is 2.70. The third-order valence-electron chi connectivity index (χ3n) is 0.865. The van der Waals surface area contributed by atoms with Crippen molar-refractivity contribution >= 4 is 7.28 Å². The molecule has 0 aromatic rings. The summed E-state index contributed by atoms with van der Waals surface area (Å²) in [7, 11) is 6.35. The molecule has 0 aliphatic heterocycles. The van der Waals surface area contributed by atoms with Crippen LogP contribution in [-0.4, -0.2) is 32.8 Å². The molecule has 0 fully saturated rings. The fourth-order valence-electron chi connectivity index (χ4n) is 0.387. The van der Waals surface area contributed by atoms with Crippen LogP contribution in [0.5, 0.6) is 0 Å². The third-order valence-corrected chi connectivity index (χ3v) is 0.865. The van der Waals surface area contributed by atoms with Crippen LogP contribution in [0.2, 0.25) is 13.1 Å². The predicted octanol–water partition coefficient (Wildman–Crippen LogP) is 0.719. The molecule has 7 heavy (non-hydrogen) atoms. The average molecular weight is 98.0 g/mol. The van der Waals surface area contributed by atoms with Gasteiger partial charge in [-0.2, -0.15) is 0 Å². The highest BCUT2D eigenvalue weighted by Crippen LogP contribution is 1.79. The molecule has 0 saturated carbocycles. The highest BCUT2D eigenvalue weighted by atomic mass is 15.0. The van der Waals surface area contributed by atoms with Crippen molar-refractivity contribution in [2.75, 3.05) is 20.6 Å². The summed E-state index contributed by atoms with van der Waals surface area (Å²) in [5.41, 5.74) is 0. The summed E-state index contributed by atoms with van der Waals surface area (Å²) in [5.74, 6) is 0. The quantitative estimate of drug-likeness (QED) is 0.470. The van der Waals surface area contributed by atoms with E-state index in [9.17, 15) is 0 Å². The average Bonchev–Trinajstić information content (AvgIpc) is 1.61. The molecule has 2 heteroatoms. The molecular weight excluding hydrogens is 84.9 g/mol. The first-order valence-corrected chi connectivity index (χ1v) is 2.70. The van der Waals surface area contributed by atoms with Crippen LogP contribution in [0, 0.1) is 0 Å². The van der Waals surface area contributed by atoms with Crippen LogP contribution < -0.4 is 0 Å². The lowest BCUT2D eigenvalue weighted by Gasteiger charge is -2.05. The highest BCUT2D eigenvalue weighted by molar-refractivity contribution is 6.33. The molecule has 0 amide bonds. The second-order valence-electron chi connectivity index (χ2n) is 2.00. The molecule has 41 valence electrons. The molecule has 0 aliphatic carbocycles. The Morgan fingerprint density at radius 3 is 2.14 bits per heavy atom. The Morgan fingerprint density at radius 2 is 2.00 bits per heavy atom. The monoisotopic (exact) mass is 98.1 g/mol. The Hall–Kier alpha value is 0.0249. The van der Waals surface area contributed by atoms with Crippen LogP contribution in [0.4, 0.5) is 0 Å². The number of nitrogens with zero attached hydrogens (tertiary/aromatic N) is 1. The van der Waals surface area contributed by atoms with Crippen LogP contribution in [0.1, 0.15) is 0 Å². The van der Waals surface area contributed by atoms with Crippen LogP contribution >= 0.6 is 0 Å². The standard InChI is InChI=1S/C5H13BN/c1-6-4-5-7(2)3/h4-5H2,1-3H3. The summed E-state index contributed by atoms with van der Waals surface area (Å²) < 4.78 is 0. The second-order valence-corrected chi connectivity index (χ2v) is 2.00. The van der Waals surface area contributed by atoms with Gasteiger partial charge in [0, 0.05) is 0 Å². The molecule has 0 spiro atoms. The van der Waals surface area contributed by atoms with Crippen molar-refractivity contribution in [3.63, 3.8) is 0 Å². The summed E-state index contributed by atoms with van der Waals surface area (Å²) in [4.78, 5) is 2.18. The zero-order valence-corrected chi connectivity index (χ0v) is 5.44. The Bertz CT molecular complexity index is 37.1. The number of hydrogen-bond donors (Lipinski definition) is 0. The molecule has 0 rings (SSSR count).